The molecule has 0 aromatic carbocycles. The van der Waals surface area contributed by atoms with Crippen LogP contribution >= 0.6 is 0 Å². The normalized spacial score (nSPS) is 14.1. The van der Waals surface area contributed by atoms with Gasteiger partial charge in [0.05, 0.1) is 0 Å². The van der Waals surface area contributed by atoms with Gasteiger partial charge in [0.1, 0.15) is 6.67 Å². The molecule has 0 aliphatic heterocycles. The van der Waals surface area contributed by atoms with E-state index in [-0.39, 0.29) is 0 Å². The highest BCUT2D eigenvalue weighted by Crippen LogP contribution is 2.15. The predicted molar refractivity (Wildman–Crippen MR) is 62.0 cm³/mol. The lowest BCUT2D eigenvalue weighted by atomic mass is 10.0. The Morgan fingerprint density at radius 3 is 2.29 bits per heavy atom. The third kappa shape index (κ3) is 4.04. The molecular formula is C13H17F. The topological polar surface area (TPSA) is 0 Å². The number of rotatable bonds is 5. The van der Waals surface area contributed by atoms with Crippen molar-refractivity contribution in [2.45, 2.75) is 13.8 Å². The smallest absolute Gasteiger partial charge is 0.115 e. The first kappa shape index (κ1) is 12.6. The zero-order chi connectivity index (χ0) is 11.0. The van der Waals surface area contributed by atoms with Crippen molar-refractivity contribution in [3.8, 4) is 0 Å². The quantitative estimate of drug-likeness (QED) is 0.574. The van der Waals surface area contributed by atoms with E-state index >= 15 is 0 Å². The summed E-state index contributed by atoms with van der Waals surface area (Å²) in [5.74, 6) is 0. The van der Waals surface area contributed by atoms with Crippen LogP contribution < -0.4 is 0 Å². The molecule has 0 rings (SSSR count). The van der Waals surface area contributed by atoms with Crippen molar-refractivity contribution in [2.24, 2.45) is 0 Å². The molecule has 14 heavy (non-hydrogen) atoms. The van der Waals surface area contributed by atoms with Crippen molar-refractivity contribution in [3.63, 3.8) is 0 Å². The second kappa shape index (κ2) is 7.07. The Labute approximate surface area is 85.8 Å². The zero-order valence-corrected chi connectivity index (χ0v) is 8.89. The summed E-state index contributed by atoms with van der Waals surface area (Å²) < 4.78 is 12.6. The fourth-order valence-electron chi connectivity index (χ4n) is 1.01. The summed E-state index contributed by atoms with van der Waals surface area (Å²) in [4.78, 5) is 0. The second-order valence-corrected chi connectivity index (χ2v) is 2.96. The SMILES string of the molecule is C=C\C=C/C(CF)=C(C)/C(C)=C\C=C. The standard InChI is InChI=1S/C13H17F/c1-5-7-9-13(10-14)12(4)11(3)8-6-2/h5-9H,1-2,10H2,3-4H3/b9-7-,11-8-,13-12-. The van der Waals surface area contributed by atoms with Crippen molar-refractivity contribution in [2.75, 3.05) is 6.67 Å². The third-order valence-corrected chi connectivity index (χ3v) is 2.02. The molecule has 0 saturated heterocycles. The zero-order valence-electron chi connectivity index (χ0n) is 8.89. The average Bonchev–Trinajstić information content (AvgIpc) is 2.19. The molecule has 0 radical (unpaired) electrons. The van der Waals surface area contributed by atoms with Gasteiger partial charge in [0.25, 0.3) is 0 Å². The van der Waals surface area contributed by atoms with Gasteiger partial charge in [-0.15, -0.1) is 0 Å². The van der Waals surface area contributed by atoms with Gasteiger partial charge in [-0.3, -0.25) is 0 Å². The fraction of sp³-hybridized carbons (Fsp3) is 0.231. The van der Waals surface area contributed by atoms with Gasteiger partial charge in [0.2, 0.25) is 0 Å². The highest BCUT2D eigenvalue weighted by Gasteiger charge is 1.99. The molecule has 0 aliphatic rings. The summed E-state index contributed by atoms with van der Waals surface area (Å²) in [6, 6.07) is 0. The van der Waals surface area contributed by atoms with E-state index in [1.807, 2.05) is 19.9 Å². The Morgan fingerprint density at radius 2 is 1.86 bits per heavy atom. The summed E-state index contributed by atoms with van der Waals surface area (Å²) in [6.07, 6.45) is 8.68. The van der Waals surface area contributed by atoms with Gasteiger partial charge in [-0.05, 0) is 30.6 Å². The minimum atomic E-state index is -0.460. The van der Waals surface area contributed by atoms with Crippen LogP contribution in [0.1, 0.15) is 13.8 Å². The Bertz CT molecular complexity index is 290. The summed E-state index contributed by atoms with van der Waals surface area (Å²) in [6.45, 7) is 10.5. The van der Waals surface area contributed by atoms with E-state index in [9.17, 15) is 4.39 Å². The Kier molecular flexibility index (Phi) is 6.38. The van der Waals surface area contributed by atoms with Gasteiger partial charge in [-0.1, -0.05) is 43.5 Å². The summed E-state index contributed by atoms with van der Waals surface area (Å²) in [5, 5.41) is 0. The van der Waals surface area contributed by atoms with Crippen LogP contribution in [-0.2, 0) is 0 Å². The molecule has 0 saturated carbocycles. The number of allylic oxidation sites excluding steroid dienone is 8. The van der Waals surface area contributed by atoms with Gasteiger partial charge in [0.15, 0.2) is 0 Å². The molecule has 0 heterocycles. The minimum Gasteiger partial charge on any atom is -0.246 e. The fourth-order valence-corrected chi connectivity index (χ4v) is 1.01. The third-order valence-electron chi connectivity index (χ3n) is 2.02. The van der Waals surface area contributed by atoms with Gasteiger partial charge in [-0.25, -0.2) is 4.39 Å². The van der Waals surface area contributed by atoms with E-state index in [1.54, 1.807) is 24.3 Å². The second-order valence-electron chi connectivity index (χ2n) is 2.96. The summed E-state index contributed by atoms with van der Waals surface area (Å²) in [5.41, 5.74) is 2.66. The number of hydrogen-bond acceptors (Lipinski definition) is 0. The van der Waals surface area contributed by atoms with Gasteiger partial charge < -0.3 is 0 Å². The molecule has 0 aliphatic carbocycles. The van der Waals surface area contributed by atoms with E-state index in [1.165, 1.54) is 0 Å². The van der Waals surface area contributed by atoms with Crippen molar-refractivity contribution in [1.82, 2.24) is 0 Å². The van der Waals surface area contributed by atoms with Crippen LogP contribution in [0.5, 0.6) is 0 Å². The predicted octanol–water partition coefficient (Wildman–Crippen LogP) is 4.15. The minimum absolute atomic E-state index is 0.460. The molecule has 0 aromatic rings. The molecule has 1 heteroatoms. The molecule has 0 bridgehead atoms. The van der Waals surface area contributed by atoms with E-state index in [0.29, 0.717) is 5.57 Å². The monoisotopic (exact) mass is 192 g/mol. The van der Waals surface area contributed by atoms with Crippen molar-refractivity contribution < 1.29 is 4.39 Å². The highest BCUT2D eigenvalue weighted by molar-refractivity contribution is 5.39. The number of halogens is 1. The van der Waals surface area contributed by atoms with Crippen molar-refractivity contribution in [3.05, 3.63) is 60.3 Å². The molecule has 0 atom stereocenters. The molecule has 0 unspecified atom stereocenters. The molecule has 0 N–H and O–H groups in total. The lowest BCUT2D eigenvalue weighted by Gasteiger charge is -2.04. The maximum absolute atomic E-state index is 12.6. The lowest BCUT2D eigenvalue weighted by molar-refractivity contribution is 0.547. The van der Waals surface area contributed by atoms with Crippen molar-refractivity contribution >= 4 is 0 Å². The molecular weight excluding hydrogens is 175 g/mol. The van der Waals surface area contributed by atoms with Crippen LogP contribution in [0.2, 0.25) is 0 Å². The summed E-state index contributed by atoms with van der Waals surface area (Å²) in [7, 11) is 0. The summed E-state index contributed by atoms with van der Waals surface area (Å²) >= 11 is 0. The van der Waals surface area contributed by atoms with E-state index in [4.69, 9.17) is 0 Å². The van der Waals surface area contributed by atoms with Crippen LogP contribution in [0.25, 0.3) is 0 Å². The molecule has 0 spiro atoms. The maximum Gasteiger partial charge on any atom is 0.115 e. The molecule has 0 aromatic heterocycles. The molecule has 0 nitrogen and oxygen atoms in total. The lowest BCUT2D eigenvalue weighted by Crippen LogP contribution is -1.89. The van der Waals surface area contributed by atoms with Gasteiger partial charge in [-0.2, -0.15) is 0 Å². The first-order valence-electron chi connectivity index (χ1n) is 4.51. The first-order valence-corrected chi connectivity index (χ1v) is 4.51. The van der Waals surface area contributed by atoms with E-state index in [2.05, 4.69) is 13.2 Å². The van der Waals surface area contributed by atoms with Crippen LogP contribution in [0.3, 0.4) is 0 Å². The maximum atomic E-state index is 12.6. The van der Waals surface area contributed by atoms with Crippen molar-refractivity contribution in [1.29, 1.82) is 0 Å². The largest absolute Gasteiger partial charge is 0.246 e. The molecule has 76 valence electrons. The van der Waals surface area contributed by atoms with Crippen LogP contribution in [0, 0.1) is 0 Å². The Balaban J connectivity index is 5.00. The van der Waals surface area contributed by atoms with E-state index < -0.39 is 6.67 Å². The average molecular weight is 192 g/mol. The number of alkyl halides is 1. The van der Waals surface area contributed by atoms with Gasteiger partial charge >= 0.3 is 0 Å². The molecule has 0 amide bonds. The Hall–Kier alpha value is -1.37. The van der Waals surface area contributed by atoms with Crippen LogP contribution in [0.15, 0.2) is 60.3 Å². The molecule has 0 fully saturated rings. The van der Waals surface area contributed by atoms with Crippen LogP contribution in [-0.4, -0.2) is 6.67 Å². The highest BCUT2D eigenvalue weighted by atomic mass is 19.1. The first-order chi connectivity index (χ1) is 6.67. The number of hydrogen-bond donors (Lipinski definition) is 0. The Morgan fingerprint density at radius 1 is 1.21 bits per heavy atom. The van der Waals surface area contributed by atoms with E-state index in [0.717, 1.165) is 11.1 Å². The van der Waals surface area contributed by atoms with Gasteiger partial charge in [0, 0.05) is 0 Å². The van der Waals surface area contributed by atoms with Crippen LogP contribution in [0.4, 0.5) is 4.39 Å².